The third-order valence-electron chi connectivity index (χ3n) is 6.31. The minimum Gasteiger partial charge on any atom is -0.344 e. The van der Waals surface area contributed by atoms with Crippen molar-refractivity contribution in [1.82, 2.24) is 24.5 Å². The van der Waals surface area contributed by atoms with Crippen LogP contribution < -0.4 is 0 Å². The molecule has 8 heteroatoms. The maximum Gasteiger partial charge on any atom is 0.226 e. The molecular weight excluding hydrogens is 445 g/mol. The molecule has 0 atom stereocenters. The van der Waals surface area contributed by atoms with Crippen LogP contribution in [0.3, 0.4) is 0 Å². The molecule has 2 rings (SSSR count). The van der Waals surface area contributed by atoms with Crippen molar-refractivity contribution in [2.75, 3.05) is 93.6 Å². The molecule has 1 aliphatic heterocycles. The van der Waals surface area contributed by atoms with Gasteiger partial charge in [-0.15, -0.1) is 0 Å². The van der Waals surface area contributed by atoms with Gasteiger partial charge in [-0.25, -0.2) is 0 Å². The molecule has 0 spiro atoms. The van der Waals surface area contributed by atoms with Crippen LogP contribution in [0.4, 0.5) is 0 Å². The van der Waals surface area contributed by atoms with Crippen LogP contribution in [0.5, 0.6) is 0 Å². The van der Waals surface area contributed by atoms with Gasteiger partial charge >= 0.3 is 0 Å². The highest BCUT2D eigenvalue weighted by Gasteiger charge is 2.13. The first kappa shape index (κ1) is 27.4. The van der Waals surface area contributed by atoms with Crippen molar-refractivity contribution in [3.05, 3.63) is 33.8 Å². The van der Waals surface area contributed by atoms with Gasteiger partial charge < -0.3 is 24.5 Å². The van der Waals surface area contributed by atoms with Crippen molar-refractivity contribution in [3.63, 3.8) is 0 Å². The molecule has 0 N–H and O–H groups in total. The van der Waals surface area contributed by atoms with Gasteiger partial charge in [0.1, 0.15) is 0 Å². The number of likely N-dealkylation sites (N-methyl/N-ethyl adjacent to an activating group) is 4. The summed E-state index contributed by atoms with van der Waals surface area (Å²) in [6.07, 6.45) is 3.06. The molecule has 0 radical (unpaired) electrons. The third-order valence-corrected chi connectivity index (χ3v) is 7.04. The van der Waals surface area contributed by atoms with Gasteiger partial charge in [-0.2, -0.15) is 0 Å². The Balaban J connectivity index is 1.56. The summed E-state index contributed by atoms with van der Waals surface area (Å²) < 4.78 is 0. The lowest BCUT2D eigenvalue weighted by Crippen LogP contribution is -2.40. The Morgan fingerprint density at radius 3 is 1.91 bits per heavy atom. The van der Waals surface area contributed by atoms with Crippen LogP contribution in [0.25, 0.3) is 0 Å². The van der Waals surface area contributed by atoms with Crippen LogP contribution >= 0.6 is 23.2 Å². The normalized spacial score (nSPS) is 14.8. The van der Waals surface area contributed by atoms with Gasteiger partial charge in [0.15, 0.2) is 0 Å². The van der Waals surface area contributed by atoms with Crippen LogP contribution in [0.15, 0.2) is 18.2 Å². The number of rotatable bonds is 14. The Bertz CT molecular complexity index is 699. The van der Waals surface area contributed by atoms with Crippen LogP contribution in [-0.2, 0) is 11.2 Å². The van der Waals surface area contributed by atoms with Crippen molar-refractivity contribution in [1.29, 1.82) is 0 Å². The highest BCUT2D eigenvalue weighted by molar-refractivity contribution is 6.42. The average Bonchev–Trinajstić information content (AvgIpc) is 3.29. The van der Waals surface area contributed by atoms with E-state index in [0.717, 1.165) is 44.8 Å². The molecule has 1 aromatic carbocycles. The van der Waals surface area contributed by atoms with Crippen molar-refractivity contribution < 1.29 is 4.79 Å². The van der Waals surface area contributed by atoms with Gasteiger partial charge in [-0.05, 0) is 64.8 Å². The number of carbonyl (C=O) groups is 1. The number of benzene rings is 1. The minimum atomic E-state index is 0.0888. The molecule has 0 bridgehead atoms. The van der Waals surface area contributed by atoms with Crippen molar-refractivity contribution in [3.8, 4) is 0 Å². The number of carbonyl (C=O) groups excluding carboxylic acids is 1. The molecule has 1 heterocycles. The number of nitrogens with zero attached hydrogens (tertiary/aromatic N) is 5. The van der Waals surface area contributed by atoms with Gasteiger partial charge in [0, 0.05) is 59.4 Å². The maximum atomic E-state index is 12.5. The number of hydrogen-bond acceptors (Lipinski definition) is 5. The zero-order valence-electron chi connectivity index (χ0n) is 20.3. The van der Waals surface area contributed by atoms with Crippen LogP contribution in [0, 0.1) is 0 Å². The average molecular weight is 487 g/mol. The molecule has 0 unspecified atom stereocenters. The Morgan fingerprint density at radius 1 is 0.812 bits per heavy atom. The monoisotopic (exact) mass is 485 g/mol. The number of likely N-dealkylation sites (tertiary alicyclic amines) is 1. The summed E-state index contributed by atoms with van der Waals surface area (Å²) in [6.45, 7) is 10.6. The highest BCUT2D eigenvalue weighted by atomic mass is 35.5. The predicted octanol–water partition coefficient (Wildman–Crippen LogP) is 2.89. The predicted molar refractivity (Wildman–Crippen MR) is 136 cm³/mol. The summed E-state index contributed by atoms with van der Waals surface area (Å²) in [5, 5.41) is 0.998. The summed E-state index contributed by atoms with van der Waals surface area (Å²) in [4.78, 5) is 24.0. The summed E-state index contributed by atoms with van der Waals surface area (Å²) in [6, 6.07) is 5.36. The largest absolute Gasteiger partial charge is 0.344 e. The second-order valence-electron chi connectivity index (χ2n) is 9.20. The van der Waals surface area contributed by atoms with E-state index in [0.29, 0.717) is 23.0 Å². The quantitative estimate of drug-likeness (QED) is 0.404. The maximum absolute atomic E-state index is 12.5. The van der Waals surface area contributed by atoms with Gasteiger partial charge in [0.25, 0.3) is 0 Å². The number of amides is 1. The van der Waals surface area contributed by atoms with Crippen molar-refractivity contribution in [2.45, 2.75) is 19.3 Å². The first-order valence-corrected chi connectivity index (χ1v) is 12.5. The zero-order valence-corrected chi connectivity index (χ0v) is 21.8. The SMILES string of the molecule is CN(CCN(C)CCN1CCCC1)CCN(C)CCN(C)C(=O)Cc1ccc(Cl)c(Cl)c1. The van der Waals surface area contributed by atoms with E-state index in [4.69, 9.17) is 23.2 Å². The molecule has 1 aromatic rings. The lowest BCUT2D eigenvalue weighted by molar-refractivity contribution is -0.129. The first-order valence-electron chi connectivity index (χ1n) is 11.7. The number of halogens is 2. The van der Waals surface area contributed by atoms with Gasteiger partial charge in [0.2, 0.25) is 5.91 Å². The van der Waals surface area contributed by atoms with E-state index in [9.17, 15) is 4.79 Å². The highest BCUT2D eigenvalue weighted by Crippen LogP contribution is 2.22. The van der Waals surface area contributed by atoms with Gasteiger partial charge in [0.05, 0.1) is 16.5 Å². The molecule has 0 saturated carbocycles. The summed E-state index contributed by atoms with van der Waals surface area (Å²) in [5.74, 6) is 0.0888. The second-order valence-corrected chi connectivity index (χ2v) is 10.0. The molecule has 1 amide bonds. The van der Waals surface area contributed by atoms with Gasteiger partial charge in [-0.3, -0.25) is 4.79 Å². The van der Waals surface area contributed by atoms with E-state index in [2.05, 4.69) is 40.7 Å². The van der Waals surface area contributed by atoms with Gasteiger partial charge in [-0.1, -0.05) is 29.3 Å². The van der Waals surface area contributed by atoms with E-state index in [1.54, 1.807) is 17.0 Å². The number of hydrogen-bond donors (Lipinski definition) is 0. The lowest BCUT2D eigenvalue weighted by Gasteiger charge is -2.26. The molecule has 1 fully saturated rings. The van der Waals surface area contributed by atoms with Crippen LogP contribution in [0.1, 0.15) is 18.4 Å². The fraction of sp³-hybridized carbons (Fsp3) is 0.708. The smallest absolute Gasteiger partial charge is 0.226 e. The topological polar surface area (TPSA) is 33.3 Å². The molecule has 0 aliphatic carbocycles. The third kappa shape index (κ3) is 10.4. The Hall–Kier alpha value is -0.890. The molecule has 6 nitrogen and oxygen atoms in total. The Labute approximate surface area is 205 Å². The molecule has 1 saturated heterocycles. The fourth-order valence-corrected chi connectivity index (χ4v) is 4.06. The van der Waals surface area contributed by atoms with Crippen LogP contribution in [0.2, 0.25) is 10.0 Å². The zero-order chi connectivity index (χ0) is 23.5. The van der Waals surface area contributed by atoms with Crippen LogP contribution in [-0.4, -0.2) is 124 Å². The molecule has 1 aliphatic rings. The Morgan fingerprint density at radius 2 is 1.34 bits per heavy atom. The summed E-state index contributed by atoms with van der Waals surface area (Å²) in [5.41, 5.74) is 0.886. The molecular formula is C24H41Cl2N5O. The molecule has 0 aromatic heterocycles. The van der Waals surface area contributed by atoms with E-state index >= 15 is 0 Å². The fourth-order valence-electron chi connectivity index (χ4n) is 3.74. The van der Waals surface area contributed by atoms with Crippen molar-refractivity contribution in [2.24, 2.45) is 0 Å². The van der Waals surface area contributed by atoms with E-state index in [1.807, 2.05) is 13.1 Å². The lowest BCUT2D eigenvalue weighted by atomic mass is 10.1. The molecule has 32 heavy (non-hydrogen) atoms. The van der Waals surface area contributed by atoms with Crippen molar-refractivity contribution >= 4 is 29.1 Å². The van der Waals surface area contributed by atoms with E-state index in [-0.39, 0.29) is 5.91 Å². The Kier molecular flexibility index (Phi) is 12.3. The summed E-state index contributed by atoms with van der Waals surface area (Å²) in [7, 11) is 8.39. The standard InChI is InChI=1S/C24H41Cl2N5O/c1-27(12-14-29(3)16-18-31-9-5-6-10-31)11-13-28(2)15-17-30(4)24(32)20-21-7-8-22(25)23(26)19-21/h7-8,19H,5-6,9-18,20H2,1-4H3. The first-order chi connectivity index (χ1) is 15.2. The summed E-state index contributed by atoms with van der Waals surface area (Å²) >= 11 is 12.0. The van der Waals surface area contributed by atoms with E-state index < -0.39 is 0 Å². The minimum absolute atomic E-state index is 0.0888. The van der Waals surface area contributed by atoms with E-state index in [1.165, 1.54) is 32.5 Å². The second kappa shape index (κ2) is 14.4. The molecule has 182 valence electrons.